The van der Waals surface area contributed by atoms with E-state index in [1.807, 2.05) is 19.1 Å². The van der Waals surface area contributed by atoms with Gasteiger partial charge in [-0.1, -0.05) is 59.6 Å². The topological polar surface area (TPSA) is 30.5 Å². The Kier molecular flexibility index (Phi) is 9.73. The molecule has 0 spiro atoms. The van der Waals surface area contributed by atoms with E-state index >= 15 is 0 Å². The van der Waals surface area contributed by atoms with Gasteiger partial charge in [-0.15, -0.1) is 0 Å². The second-order valence-corrected chi connectivity index (χ2v) is 9.30. The molecule has 0 bridgehead atoms. The minimum atomic E-state index is 0.255. The van der Waals surface area contributed by atoms with Crippen LogP contribution in [0.25, 0.3) is 0 Å². The second kappa shape index (κ2) is 12.5. The summed E-state index contributed by atoms with van der Waals surface area (Å²) in [6.07, 6.45) is 2.13. The Morgan fingerprint density at radius 2 is 1.66 bits per heavy atom. The van der Waals surface area contributed by atoms with Crippen molar-refractivity contribution in [1.82, 2.24) is 5.32 Å². The molecule has 1 atom stereocenters. The van der Waals surface area contributed by atoms with Gasteiger partial charge in [0.25, 0.3) is 0 Å². The zero-order valence-corrected chi connectivity index (χ0v) is 21.4. The fourth-order valence-electron chi connectivity index (χ4n) is 3.36. The van der Waals surface area contributed by atoms with Crippen molar-refractivity contribution in [3.63, 3.8) is 0 Å². The minimum Gasteiger partial charge on any atom is -0.490 e. The lowest BCUT2D eigenvalue weighted by molar-refractivity contribution is 0.267. The largest absolute Gasteiger partial charge is 0.490 e. The van der Waals surface area contributed by atoms with Crippen LogP contribution in [0.4, 0.5) is 0 Å². The molecule has 0 radical (unpaired) electrons. The number of ether oxygens (including phenoxy) is 2. The number of hydrogen-bond acceptors (Lipinski definition) is 3. The van der Waals surface area contributed by atoms with E-state index in [9.17, 15) is 0 Å². The molecular weight excluding hydrogens is 509 g/mol. The highest BCUT2D eigenvalue weighted by Gasteiger charge is 2.15. The quantitative estimate of drug-likeness (QED) is 0.270. The van der Waals surface area contributed by atoms with E-state index in [0.717, 1.165) is 35.0 Å². The lowest BCUT2D eigenvalue weighted by atomic mass is 10.1. The maximum Gasteiger partial charge on any atom is 0.175 e. The van der Waals surface area contributed by atoms with Crippen molar-refractivity contribution in [2.75, 3.05) is 6.61 Å². The van der Waals surface area contributed by atoms with Gasteiger partial charge in [-0.05, 0) is 78.0 Å². The second-order valence-electron chi connectivity index (χ2n) is 7.63. The smallest absolute Gasteiger partial charge is 0.175 e. The van der Waals surface area contributed by atoms with Crippen LogP contribution in [0.5, 0.6) is 11.5 Å². The molecule has 3 aromatic rings. The number of nitrogens with one attached hydrogen (secondary N) is 1. The van der Waals surface area contributed by atoms with Gasteiger partial charge in [-0.2, -0.15) is 0 Å². The van der Waals surface area contributed by atoms with Crippen molar-refractivity contribution in [2.45, 2.75) is 45.9 Å². The average molecular weight is 537 g/mol. The molecule has 0 unspecified atom stereocenters. The summed E-state index contributed by atoms with van der Waals surface area (Å²) < 4.78 is 12.8. The molecule has 0 saturated heterocycles. The van der Waals surface area contributed by atoms with Gasteiger partial charge in [-0.3, -0.25) is 0 Å². The van der Waals surface area contributed by atoms with Gasteiger partial charge < -0.3 is 14.8 Å². The van der Waals surface area contributed by atoms with Crippen molar-refractivity contribution in [3.8, 4) is 11.5 Å². The number of benzene rings is 3. The number of aryl methyl sites for hydroxylation is 1. The van der Waals surface area contributed by atoms with E-state index in [-0.39, 0.29) is 6.61 Å². The highest BCUT2D eigenvalue weighted by atomic mass is 79.9. The molecule has 6 heteroatoms. The summed E-state index contributed by atoms with van der Waals surface area (Å²) >= 11 is 16.2. The third-order valence-corrected chi connectivity index (χ3v) is 6.45. The van der Waals surface area contributed by atoms with Gasteiger partial charge in [0.1, 0.15) is 6.61 Å². The molecule has 0 aromatic heterocycles. The Morgan fingerprint density at radius 3 is 2.34 bits per heavy atom. The molecule has 1 N–H and O–H groups in total. The summed E-state index contributed by atoms with van der Waals surface area (Å²) in [4.78, 5) is 0. The first kappa shape index (κ1) is 24.9. The predicted molar refractivity (Wildman–Crippen MR) is 137 cm³/mol. The Balaban J connectivity index is 1.64. The molecule has 0 fully saturated rings. The van der Waals surface area contributed by atoms with Gasteiger partial charge in [0.15, 0.2) is 11.5 Å². The van der Waals surface area contributed by atoms with E-state index in [1.165, 1.54) is 5.56 Å². The van der Waals surface area contributed by atoms with Crippen LogP contribution < -0.4 is 14.8 Å². The van der Waals surface area contributed by atoms with E-state index in [2.05, 4.69) is 64.6 Å². The van der Waals surface area contributed by atoms with Crippen molar-refractivity contribution >= 4 is 39.1 Å². The van der Waals surface area contributed by atoms with Gasteiger partial charge in [0.2, 0.25) is 0 Å². The van der Waals surface area contributed by atoms with Gasteiger partial charge >= 0.3 is 0 Å². The van der Waals surface area contributed by atoms with Crippen LogP contribution in [0.15, 0.2) is 65.1 Å². The van der Waals surface area contributed by atoms with Crippen LogP contribution in [0, 0.1) is 0 Å². The van der Waals surface area contributed by atoms with E-state index in [1.54, 1.807) is 12.1 Å². The normalized spacial score (nSPS) is 11.9. The number of hydrogen-bond donors (Lipinski definition) is 1. The molecule has 0 heterocycles. The third-order valence-electron chi connectivity index (χ3n) is 5.16. The van der Waals surface area contributed by atoms with Gasteiger partial charge in [0, 0.05) is 28.2 Å². The summed E-state index contributed by atoms with van der Waals surface area (Å²) in [5.41, 5.74) is 3.24. The average Bonchev–Trinajstić information content (AvgIpc) is 2.78. The summed E-state index contributed by atoms with van der Waals surface area (Å²) in [6, 6.07) is 20.5. The predicted octanol–water partition coefficient (Wildman–Crippen LogP) is 7.84. The zero-order valence-electron chi connectivity index (χ0n) is 18.3. The summed E-state index contributed by atoms with van der Waals surface area (Å²) in [7, 11) is 0. The monoisotopic (exact) mass is 535 g/mol. The maximum absolute atomic E-state index is 6.28. The summed E-state index contributed by atoms with van der Waals surface area (Å²) in [5.74, 6) is 1.34. The van der Waals surface area contributed by atoms with Crippen molar-refractivity contribution in [2.24, 2.45) is 0 Å². The first-order valence-electron chi connectivity index (χ1n) is 10.8. The van der Waals surface area contributed by atoms with Crippen LogP contribution >= 0.6 is 39.1 Å². The molecule has 0 aliphatic heterocycles. The van der Waals surface area contributed by atoms with Crippen LogP contribution in [-0.4, -0.2) is 12.6 Å². The van der Waals surface area contributed by atoms with Gasteiger partial charge in [-0.25, -0.2) is 0 Å². The Bertz CT molecular complexity index is 994. The van der Waals surface area contributed by atoms with Crippen molar-refractivity contribution in [3.05, 3.63) is 91.9 Å². The van der Waals surface area contributed by atoms with E-state index in [4.69, 9.17) is 32.7 Å². The lowest BCUT2D eigenvalue weighted by Crippen LogP contribution is -2.26. The van der Waals surface area contributed by atoms with Crippen LogP contribution in [0.2, 0.25) is 10.0 Å². The lowest BCUT2D eigenvalue weighted by Gasteiger charge is -2.18. The molecule has 0 aliphatic carbocycles. The van der Waals surface area contributed by atoms with E-state index in [0.29, 0.717) is 34.2 Å². The molecule has 32 heavy (non-hydrogen) atoms. The first-order valence-corrected chi connectivity index (χ1v) is 12.3. The van der Waals surface area contributed by atoms with Gasteiger partial charge in [0.05, 0.1) is 11.1 Å². The van der Waals surface area contributed by atoms with Crippen LogP contribution in [0.1, 0.15) is 37.0 Å². The van der Waals surface area contributed by atoms with Crippen molar-refractivity contribution in [1.29, 1.82) is 0 Å². The standard InChI is InChI=1S/C26H28BrCl2NO2/c1-3-31-25-15-20(16-30-18(2)12-13-19-8-5-4-6-9-19)14-22(27)26(25)32-17-21-23(28)10-7-11-24(21)29/h4-11,14-15,18,30H,3,12-13,16-17H2,1-2H3/t18-/m0/s1. The molecule has 3 aromatic carbocycles. The van der Waals surface area contributed by atoms with Crippen LogP contribution in [0.3, 0.4) is 0 Å². The SMILES string of the molecule is CCOc1cc(CN[C@@H](C)CCc2ccccc2)cc(Br)c1OCc1c(Cl)cccc1Cl. The molecular formula is C26H28BrCl2NO2. The van der Waals surface area contributed by atoms with E-state index < -0.39 is 0 Å². The Hall–Kier alpha value is -1.72. The maximum atomic E-state index is 6.28. The summed E-state index contributed by atoms with van der Waals surface area (Å²) in [6.45, 7) is 5.71. The third kappa shape index (κ3) is 7.14. The molecule has 170 valence electrons. The molecule has 3 nitrogen and oxygen atoms in total. The highest BCUT2D eigenvalue weighted by molar-refractivity contribution is 9.10. The fourth-order valence-corrected chi connectivity index (χ4v) is 4.47. The zero-order chi connectivity index (χ0) is 22.9. The first-order chi connectivity index (χ1) is 15.5. The Labute approximate surface area is 209 Å². The molecule has 0 saturated carbocycles. The molecule has 0 amide bonds. The fraction of sp³-hybridized carbons (Fsp3) is 0.308. The minimum absolute atomic E-state index is 0.255. The highest BCUT2D eigenvalue weighted by Crippen LogP contribution is 2.38. The van der Waals surface area contributed by atoms with Crippen LogP contribution in [-0.2, 0) is 19.6 Å². The molecule has 0 aliphatic rings. The van der Waals surface area contributed by atoms with Crippen molar-refractivity contribution < 1.29 is 9.47 Å². The molecule has 3 rings (SSSR count). The Morgan fingerprint density at radius 1 is 0.938 bits per heavy atom. The number of halogens is 3. The summed E-state index contributed by atoms with van der Waals surface area (Å²) in [5, 5.41) is 4.77. The number of rotatable bonds is 11.